The summed E-state index contributed by atoms with van der Waals surface area (Å²) in [5.41, 5.74) is 1.43. The van der Waals surface area contributed by atoms with Crippen molar-refractivity contribution in [3.8, 4) is 0 Å². The molecular formula is C20H20N2O4S. The molecule has 0 saturated carbocycles. The Kier molecular flexibility index (Phi) is 5.25. The summed E-state index contributed by atoms with van der Waals surface area (Å²) in [7, 11) is -3.54. The van der Waals surface area contributed by atoms with Crippen molar-refractivity contribution < 1.29 is 18.0 Å². The van der Waals surface area contributed by atoms with E-state index in [-0.39, 0.29) is 22.2 Å². The molecule has 0 atom stereocenters. The number of sulfonamides is 1. The molecule has 1 aliphatic rings. The van der Waals surface area contributed by atoms with Crippen LogP contribution in [0.1, 0.15) is 34.6 Å². The number of carbonyl (C=O) groups is 2. The molecule has 0 amide bonds. The minimum Gasteiger partial charge on any atom is -0.352 e. The molecule has 0 spiro atoms. The van der Waals surface area contributed by atoms with Crippen molar-refractivity contribution in [1.29, 1.82) is 0 Å². The van der Waals surface area contributed by atoms with Gasteiger partial charge in [-0.15, -0.1) is 0 Å². The summed E-state index contributed by atoms with van der Waals surface area (Å²) in [6.07, 6.45) is 1.27. The number of allylic oxidation sites excluding steroid dienone is 2. The van der Waals surface area contributed by atoms with Gasteiger partial charge in [0.15, 0.2) is 5.78 Å². The summed E-state index contributed by atoms with van der Waals surface area (Å²) in [4.78, 5) is 25.0. The standard InChI is InChI=1S/C20H20N2O4S/c1-3-22(4-2)27(25,26)15-11-9-14(10-12-15)21-18-13-19(23)16-7-5-6-8-17(16)20(18)24/h5-13,21H,3-4H2,1-2H3. The van der Waals surface area contributed by atoms with Crippen molar-refractivity contribution in [2.24, 2.45) is 0 Å². The zero-order valence-corrected chi connectivity index (χ0v) is 15.9. The van der Waals surface area contributed by atoms with Crippen molar-refractivity contribution in [3.63, 3.8) is 0 Å². The van der Waals surface area contributed by atoms with E-state index < -0.39 is 10.0 Å². The Morgan fingerprint density at radius 3 is 2.07 bits per heavy atom. The SMILES string of the molecule is CCN(CC)S(=O)(=O)c1ccc(NC2=CC(=O)c3ccccc3C2=O)cc1. The molecule has 1 aliphatic carbocycles. The number of rotatable bonds is 6. The highest BCUT2D eigenvalue weighted by Gasteiger charge is 2.25. The molecule has 3 rings (SSSR count). The van der Waals surface area contributed by atoms with E-state index in [1.807, 2.05) is 0 Å². The predicted octanol–water partition coefficient (Wildman–Crippen LogP) is 3.09. The zero-order valence-electron chi connectivity index (χ0n) is 15.1. The third kappa shape index (κ3) is 3.56. The van der Waals surface area contributed by atoms with Crippen LogP contribution in [0, 0.1) is 0 Å². The molecule has 0 fully saturated rings. The second-order valence-electron chi connectivity index (χ2n) is 6.04. The van der Waals surface area contributed by atoms with Crippen LogP contribution in [0.15, 0.2) is 65.2 Å². The third-order valence-electron chi connectivity index (χ3n) is 4.43. The fourth-order valence-corrected chi connectivity index (χ4v) is 4.44. The Balaban J connectivity index is 1.84. The molecule has 27 heavy (non-hydrogen) atoms. The largest absolute Gasteiger partial charge is 0.352 e. The lowest BCUT2D eigenvalue weighted by Crippen LogP contribution is -2.30. The minimum absolute atomic E-state index is 0.165. The maximum atomic E-state index is 12.6. The van der Waals surface area contributed by atoms with Crippen molar-refractivity contribution in [1.82, 2.24) is 4.31 Å². The number of benzene rings is 2. The molecule has 2 aromatic carbocycles. The number of Topliss-reactive ketones (excluding diaryl/α,β-unsaturated/α-hetero) is 1. The summed E-state index contributed by atoms with van der Waals surface area (Å²) in [6, 6.07) is 12.8. The van der Waals surface area contributed by atoms with Crippen LogP contribution in [-0.2, 0) is 10.0 Å². The van der Waals surface area contributed by atoms with Gasteiger partial charge in [0.05, 0.1) is 10.6 Å². The van der Waals surface area contributed by atoms with E-state index in [1.54, 1.807) is 50.2 Å². The zero-order chi connectivity index (χ0) is 19.6. The predicted molar refractivity (Wildman–Crippen MR) is 103 cm³/mol. The second-order valence-corrected chi connectivity index (χ2v) is 7.97. The fraction of sp³-hybridized carbons (Fsp3) is 0.200. The normalized spacial score (nSPS) is 14.1. The smallest absolute Gasteiger partial charge is 0.243 e. The van der Waals surface area contributed by atoms with Crippen LogP contribution in [0.5, 0.6) is 0 Å². The quantitative estimate of drug-likeness (QED) is 0.827. The summed E-state index contributed by atoms with van der Waals surface area (Å²) in [6.45, 7) is 4.35. The topological polar surface area (TPSA) is 83.6 Å². The molecular weight excluding hydrogens is 364 g/mol. The Morgan fingerprint density at radius 2 is 1.48 bits per heavy atom. The molecule has 7 heteroatoms. The maximum absolute atomic E-state index is 12.6. The molecule has 140 valence electrons. The van der Waals surface area contributed by atoms with Gasteiger partial charge in [-0.05, 0) is 24.3 Å². The van der Waals surface area contributed by atoms with Gasteiger partial charge in [-0.25, -0.2) is 8.42 Å². The highest BCUT2D eigenvalue weighted by Crippen LogP contribution is 2.24. The van der Waals surface area contributed by atoms with Crippen molar-refractivity contribution in [2.45, 2.75) is 18.7 Å². The van der Waals surface area contributed by atoms with Gasteiger partial charge < -0.3 is 5.32 Å². The van der Waals surface area contributed by atoms with E-state index >= 15 is 0 Å². The van der Waals surface area contributed by atoms with Crippen LogP contribution in [0.3, 0.4) is 0 Å². The maximum Gasteiger partial charge on any atom is 0.243 e. The van der Waals surface area contributed by atoms with E-state index in [0.717, 1.165) is 0 Å². The number of ketones is 2. The van der Waals surface area contributed by atoms with Crippen LogP contribution >= 0.6 is 0 Å². The van der Waals surface area contributed by atoms with E-state index in [1.165, 1.54) is 22.5 Å². The summed E-state index contributed by atoms with van der Waals surface area (Å²) >= 11 is 0. The lowest BCUT2D eigenvalue weighted by Gasteiger charge is -2.19. The van der Waals surface area contributed by atoms with Gasteiger partial charge in [-0.3, -0.25) is 9.59 Å². The van der Waals surface area contributed by atoms with Crippen molar-refractivity contribution in [2.75, 3.05) is 18.4 Å². The lowest BCUT2D eigenvalue weighted by molar-refractivity contribution is 0.0985. The van der Waals surface area contributed by atoms with Crippen LogP contribution in [0.25, 0.3) is 0 Å². The van der Waals surface area contributed by atoms with Gasteiger partial charge in [-0.2, -0.15) is 4.31 Å². The van der Waals surface area contributed by atoms with Gasteiger partial charge in [0, 0.05) is 36.0 Å². The molecule has 1 N–H and O–H groups in total. The number of hydrogen-bond donors (Lipinski definition) is 1. The van der Waals surface area contributed by atoms with E-state index in [9.17, 15) is 18.0 Å². The van der Waals surface area contributed by atoms with Crippen LogP contribution < -0.4 is 5.32 Å². The molecule has 0 saturated heterocycles. The van der Waals surface area contributed by atoms with E-state index in [2.05, 4.69) is 5.32 Å². The Bertz CT molecular complexity index is 1020. The molecule has 6 nitrogen and oxygen atoms in total. The first-order valence-electron chi connectivity index (χ1n) is 8.65. The minimum atomic E-state index is -3.54. The van der Waals surface area contributed by atoms with Crippen LogP contribution in [-0.4, -0.2) is 37.4 Å². The fourth-order valence-electron chi connectivity index (χ4n) is 2.99. The first-order chi connectivity index (χ1) is 12.9. The van der Waals surface area contributed by atoms with Gasteiger partial charge in [0.2, 0.25) is 15.8 Å². The number of nitrogens with one attached hydrogen (secondary N) is 1. The lowest BCUT2D eigenvalue weighted by atomic mass is 9.92. The van der Waals surface area contributed by atoms with Gasteiger partial charge in [0.25, 0.3) is 0 Å². The summed E-state index contributed by atoms with van der Waals surface area (Å²) < 4.78 is 26.4. The average molecular weight is 384 g/mol. The third-order valence-corrected chi connectivity index (χ3v) is 6.50. The second kappa shape index (κ2) is 7.46. The molecule has 0 aliphatic heterocycles. The highest BCUT2D eigenvalue weighted by molar-refractivity contribution is 7.89. The van der Waals surface area contributed by atoms with Gasteiger partial charge >= 0.3 is 0 Å². The molecule has 0 bridgehead atoms. The van der Waals surface area contributed by atoms with Gasteiger partial charge in [0.1, 0.15) is 0 Å². The van der Waals surface area contributed by atoms with Crippen LogP contribution in [0.4, 0.5) is 5.69 Å². The molecule has 0 unspecified atom stereocenters. The van der Waals surface area contributed by atoms with E-state index in [0.29, 0.717) is 29.9 Å². The Morgan fingerprint density at radius 1 is 0.889 bits per heavy atom. The van der Waals surface area contributed by atoms with Gasteiger partial charge in [-0.1, -0.05) is 38.1 Å². The van der Waals surface area contributed by atoms with E-state index in [4.69, 9.17) is 0 Å². The van der Waals surface area contributed by atoms with Crippen molar-refractivity contribution in [3.05, 3.63) is 71.4 Å². The summed E-state index contributed by atoms with van der Waals surface area (Å²) in [5, 5.41) is 2.92. The number of nitrogens with zero attached hydrogens (tertiary/aromatic N) is 1. The summed E-state index contributed by atoms with van der Waals surface area (Å²) in [5.74, 6) is -0.515. The number of anilines is 1. The first kappa shape index (κ1) is 19.0. The molecule has 2 aromatic rings. The Labute approximate surface area is 158 Å². The monoisotopic (exact) mass is 384 g/mol. The van der Waals surface area contributed by atoms with Crippen LogP contribution in [0.2, 0.25) is 0 Å². The first-order valence-corrected chi connectivity index (χ1v) is 10.1. The number of carbonyl (C=O) groups excluding carboxylic acids is 2. The average Bonchev–Trinajstić information content (AvgIpc) is 2.67. The molecule has 0 radical (unpaired) electrons. The number of hydrogen-bond acceptors (Lipinski definition) is 5. The van der Waals surface area contributed by atoms with Crippen molar-refractivity contribution >= 4 is 27.3 Å². The highest BCUT2D eigenvalue weighted by atomic mass is 32.2. The molecule has 0 heterocycles. The number of fused-ring (bicyclic) bond motifs is 1. The Hall–Kier alpha value is -2.77. The molecule has 0 aromatic heterocycles.